The van der Waals surface area contributed by atoms with Crippen LogP contribution in [-0.2, 0) is 6.54 Å². The minimum atomic E-state index is -0.237. The van der Waals surface area contributed by atoms with Crippen LogP contribution in [0, 0.1) is 5.82 Å². The Hall–Kier alpha value is -1.58. The van der Waals surface area contributed by atoms with E-state index in [0.29, 0.717) is 6.54 Å². The zero-order valence-corrected chi connectivity index (χ0v) is 11.7. The molecule has 0 radical (unpaired) electrons. The summed E-state index contributed by atoms with van der Waals surface area (Å²) in [5, 5.41) is 3.83. The highest BCUT2D eigenvalue weighted by Gasteiger charge is 2.11. The van der Waals surface area contributed by atoms with Gasteiger partial charge in [-0.05, 0) is 43.4 Å². The minimum Gasteiger partial charge on any atom is -0.344 e. The minimum absolute atomic E-state index is 0.237. The molecule has 0 saturated heterocycles. The summed E-state index contributed by atoms with van der Waals surface area (Å²) in [5.41, 5.74) is 2.95. The van der Waals surface area contributed by atoms with Gasteiger partial charge in [-0.25, -0.2) is 4.39 Å². The van der Waals surface area contributed by atoms with Crippen molar-refractivity contribution in [2.45, 2.75) is 6.54 Å². The molecule has 0 aromatic heterocycles. The van der Waals surface area contributed by atoms with Gasteiger partial charge in [0.25, 0.3) is 0 Å². The number of nitrogens with zero attached hydrogens (tertiary/aromatic N) is 1. The monoisotopic (exact) mass is 278 g/mol. The highest BCUT2D eigenvalue weighted by molar-refractivity contribution is 6.31. The van der Waals surface area contributed by atoms with Crippen molar-refractivity contribution in [2.75, 3.05) is 19.0 Å². The molecule has 0 aliphatic carbocycles. The van der Waals surface area contributed by atoms with Crippen LogP contribution < -0.4 is 10.2 Å². The summed E-state index contributed by atoms with van der Waals surface area (Å²) < 4.78 is 13.0. The van der Waals surface area contributed by atoms with Crippen LogP contribution in [0.2, 0.25) is 5.02 Å². The second-order valence-corrected chi connectivity index (χ2v) is 4.71. The molecule has 0 atom stereocenters. The molecule has 1 N–H and O–H groups in total. The zero-order valence-electron chi connectivity index (χ0n) is 11.0. The summed E-state index contributed by atoms with van der Waals surface area (Å²) in [6.07, 6.45) is 0. The Balaban J connectivity index is 2.40. The van der Waals surface area contributed by atoms with Crippen molar-refractivity contribution < 1.29 is 4.39 Å². The summed E-state index contributed by atoms with van der Waals surface area (Å²) in [6, 6.07) is 12.2. The second kappa shape index (κ2) is 6.04. The lowest BCUT2D eigenvalue weighted by atomic mass is 10.1. The molecule has 0 aliphatic rings. The van der Waals surface area contributed by atoms with Crippen molar-refractivity contribution in [3.63, 3.8) is 0 Å². The Kier molecular flexibility index (Phi) is 4.40. The van der Waals surface area contributed by atoms with Gasteiger partial charge in [-0.1, -0.05) is 17.7 Å². The highest BCUT2D eigenvalue weighted by Crippen LogP contribution is 2.31. The molecule has 4 heteroatoms. The molecule has 100 valence electrons. The predicted octanol–water partition coefficient (Wildman–Crippen LogP) is 3.97. The predicted molar refractivity (Wildman–Crippen MR) is 78.7 cm³/mol. The maximum Gasteiger partial charge on any atom is 0.123 e. The SMILES string of the molecule is CNCc1c(Cl)cccc1N(C)c1ccc(F)cc1. The van der Waals surface area contributed by atoms with Gasteiger partial charge in [0.1, 0.15) is 5.82 Å². The molecule has 0 saturated carbocycles. The topological polar surface area (TPSA) is 15.3 Å². The fraction of sp³-hybridized carbons (Fsp3) is 0.200. The molecular formula is C15H16ClFN2. The van der Waals surface area contributed by atoms with Gasteiger partial charge in [0.15, 0.2) is 0 Å². The first-order valence-electron chi connectivity index (χ1n) is 6.04. The van der Waals surface area contributed by atoms with E-state index >= 15 is 0 Å². The van der Waals surface area contributed by atoms with Gasteiger partial charge < -0.3 is 10.2 Å². The third-order valence-electron chi connectivity index (χ3n) is 3.02. The van der Waals surface area contributed by atoms with E-state index in [0.717, 1.165) is 22.0 Å². The first kappa shape index (κ1) is 13.8. The van der Waals surface area contributed by atoms with Gasteiger partial charge in [0.05, 0.1) is 0 Å². The van der Waals surface area contributed by atoms with Crippen LogP contribution in [0.25, 0.3) is 0 Å². The molecule has 0 fully saturated rings. The second-order valence-electron chi connectivity index (χ2n) is 4.30. The van der Waals surface area contributed by atoms with Crippen molar-refractivity contribution in [2.24, 2.45) is 0 Å². The number of hydrogen-bond donors (Lipinski definition) is 1. The summed E-state index contributed by atoms with van der Waals surface area (Å²) in [6.45, 7) is 0.681. The Morgan fingerprint density at radius 3 is 2.47 bits per heavy atom. The fourth-order valence-corrected chi connectivity index (χ4v) is 2.25. The molecule has 0 amide bonds. The van der Waals surface area contributed by atoms with Gasteiger partial charge in [-0.3, -0.25) is 0 Å². The van der Waals surface area contributed by atoms with E-state index in [1.165, 1.54) is 12.1 Å². The lowest BCUT2D eigenvalue weighted by molar-refractivity contribution is 0.628. The molecule has 2 aromatic rings. The van der Waals surface area contributed by atoms with E-state index in [1.54, 1.807) is 12.1 Å². The van der Waals surface area contributed by atoms with Crippen molar-refractivity contribution in [1.29, 1.82) is 0 Å². The maximum absolute atomic E-state index is 13.0. The molecule has 0 unspecified atom stereocenters. The van der Waals surface area contributed by atoms with Crippen LogP contribution in [0.5, 0.6) is 0 Å². The van der Waals surface area contributed by atoms with E-state index in [-0.39, 0.29) is 5.82 Å². The van der Waals surface area contributed by atoms with Crippen molar-refractivity contribution in [1.82, 2.24) is 5.32 Å². The van der Waals surface area contributed by atoms with E-state index in [9.17, 15) is 4.39 Å². The summed E-state index contributed by atoms with van der Waals surface area (Å²) in [5.74, 6) is -0.237. The molecular weight excluding hydrogens is 263 g/mol. The maximum atomic E-state index is 13.0. The summed E-state index contributed by atoms with van der Waals surface area (Å²) in [4.78, 5) is 2.00. The molecule has 2 aromatic carbocycles. The molecule has 0 spiro atoms. The van der Waals surface area contributed by atoms with Crippen molar-refractivity contribution in [3.05, 3.63) is 58.9 Å². The Bertz CT molecular complexity index is 555. The lowest BCUT2D eigenvalue weighted by Crippen LogP contribution is -2.15. The Morgan fingerprint density at radius 1 is 1.16 bits per heavy atom. The quantitative estimate of drug-likeness (QED) is 0.910. The van der Waals surface area contributed by atoms with Gasteiger partial charge in [0, 0.05) is 35.6 Å². The molecule has 19 heavy (non-hydrogen) atoms. The highest BCUT2D eigenvalue weighted by atomic mass is 35.5. The Labute approximate surface area is 117 Å². The van der Waals surface area contributed by atoms with Gasteiger partial charge in [-0.15, -0.1) is 0 Å². The van der Waals surface area contributed by atoms with E-state index in [2.05, 4.69) is 5.32 Å². The van der Waals surface area contributed by atoms with Crippen LogP contribution in [0.1, 0.15) is 5.56 Å². The largest absolute Gasteiger partial charge is 0.344 e. The lowest BCUT2D eigenvalue weighted by Gasteiger charge is -2.23. The third-order valence-corrected chi connectivity index (χ3v) is 3.38. The average Bonchev–Trinajstić information content (AvgIpc) is 2.41. The number of anilines is 2. The van der Waals surface area contributed by atoms with Crippen molar-refractivity contribution in [3.8, 4) is 0 Å². The van der Waals surface area contributed by atoms with Crippen LogP contribution >= 0.6 is 11.6 Å². The van der Waals surface area contributed by atoms with Gasteiger partial charge >= 0.3 is 0 Å². The fourth-order valence-electron chi connectivity index (χ4n) is 2.02. The summed E-state index contributed by atoms with van der Waals surface area (Å²) >= 11 is 6.24. The van der Waals surface area contributed by atoms with Crippen LogP contribution in [0.15, 0.2) is 42.5 Å². The number of hydrogen-bond acceptors (Lipinski definition) is 2. The van der Waals surface area contributed by atoms with Crippen molar-refractivity contribution >= 4 is 23.0 Å². The molecule has 0 aliphatic heterocycles. The summed E-state index contributed by atoms with van der Waals surface area (Å²) in [7, 11) is 3.82. The first-order chi connectivity index (χ1) is 9.13. The number of nitrogens with one attached hydrogen (secondary N) is 1. The number of benzene rings is 2. The molecule has 2 nitrogen and oxygen atoms in total. The zero-order chi connectivity index (χ0) is 13.8. The number of halogens is 2. The average molecular weight is 279 g/mol. The molecule has 2 rings (SSSR count). The first-order valence-corrected chi connectivity index (χ1v) is 6.42. The van der Waals surface area contributed by atoms with Gasteiger partial charge in [0.2, 0.25) is 0 Å². The van der Waals surface area contributed by atoms with Gasteiger partial charge in [-0.2, -0.15) is 0 Å². The molecule has 0 bridgehead atoms. The van der Waals surface area contributed by atoms with Crippen LogP contribution in [0.4, 0.5) is 15.8 Å². The van der Waals surface area contributed by atoms with E-state index in [4.69, 9.17) is 11.6 Å². The third kappa shape index (κ3) is 3.06. The van der Waals surface area contributed by atoms with E-state index < -0.39 is 0 Å². The van der Waals surface area contributed by atoms with Crippen LogP contribution in [0.3, 0.4) is 0 Å². The normalized spacial score (nSPS) is 10.5. The number of rotatable bonds is 4. The standard InChI is InChI=1S/C15H16ClFN2/c1-18-10-13-14(16)4-3-5-15(13)19(2)12-8-6-11(17)7-9-12/h3-9,18H,10H2,1-2H3. The van der Waals surface area contributed by atoms with Crippen LogP contribution in [-0.4, -0.2) is 14.1 Å². The Morgan fingerprint density at radius 2 is 1.84 bits per heavy atom. The van der Waals surface area contributed by atoms with E-state index in [1.807, 2.05) is 37.2 Å². The smallest absolute Gasteiger partial charge is 0.123 e. The molecule has 0 heterocycles.